The van der Waals surface area contributed by atoms with Gasteiger partial charge >= 0.3 is 0 Å². The van der Waals surface area contributed by atoms with Crippen molar-refractivity contribution >= 4 is 5.69 Å². The van der Waals surface area contributed by atoms with Gasteiger partial charge in [0.25, 0.3) is 0 Å². The predicted octanol–water partition coefficient (Wildman–Crippen LogP) is 1.91. The molecule has 0 spiro atoms. The van der Waals surface area contributed by atoms with E-state index in [4.69, 9.17) is 9.84 Å². The van der Waals surface area contributed by atoms with Crippen LogP contribution in [0.4, 0.5) is 10.1 Å². The Bertz CT molecular complexity index is 408. The van der Waals surface area contributed by atoms with Crippen LogP contribution in [-0.4, -0.2) is 35.6 Å². The highest BCUT2D eigenvalue weighted by Crippen LogP contribution is 2.32. The van der Waals surface area contributed by atoms with Gasteiger partial charge in [0.05, 0.1) is 24.5 Å². The summed E-state index contributed by atoms with van der Waals surface area (Å²) in [6, 6.07) is 4.65. The molecule has 0 bridgehead atoms. The van der Waals surface area contributed by atoms with E-state index in [-0.39, 0.29) is 25.0 Å². The molecule has 106 valence electrons. The molecule has 1 aliphatic rings. The maximum Gasteiger partial charge on any atom is 0.178 e. The van der Waals surface area contributed by atoms with Gasteiger partial charge in [-0.25, -0.2) is 4.39 Å². The van der Waals surface area contributed by atoms with Crippen LogP contribution in [0.5, 0.6) is 5.75 Å². The third kappa shape index (κ3) is 3.81. The minimum Gasteiger partial charge on any atom is -0.485 e. The molecule has 19 heavy (non-hydrogen) atoms. The van der Waals surface area contributed by atoms with Gasteiger partial charge in [0.1, 0.15) is 0 Å². The first-order chi connectivity index (χ1) is 9.20. The summed E-state index contributed by atoms with van der Waals surface area (Å²) in [4.78, 5) is 0. The quantitative estimate of drug-likeness (QED) is 0.738. The van der Waals surface area contributed by atoms with Crippen molar-refractivity contribution in [3.8, 4) is 5.75 Å². The zero-order valence-corrected chi connectivity index (χ0v) is 10.8. The zero-order chi connectivity index (χ0) is 13.7. The number of aliphatic hydroxyl groups is 2. The van der Waals surface area contributed by atoms with Gasteiger partial charge in [-0.3, -0.25) is 0 Å². The van der Waals surface area contributed by atoms with Crippen LogP contribution in [0.2, 0.25) is 0 Å². The van der Waals surface area contributed by atoms with E-state index in [0.29, 0.717) is 5.69 Å². The number of para-hydroxylation sites is 1. The molecule has 1 saturated carbocycles. The molecular weight excluding hydrogens is 249 g/mol. The van der Waals surface area contributed by atoms with E-state index in [2.05, 4.69) is 5.32 Å². The van der Waals surface area contributed by atoms with E-state index in [0.717, 1.165) is 25.7 Å². The first-order valence-corrected chi connectivity index (χ1v) is 6.68. The van der Waals surface area contributed by atoms with Crippen LogP contribution < -0.4 is 10.1 Å². The number of hydrogen-bond acceptors (Lipinski definition) is 4. The Hall–Kier alpha value is -1.33. The average molecular weight is 269 g/mol. The molecule has 1 aromatic carbocycles. The second kappa shape index (κ2) is 6.73. The molecule has 4 nitrogen and oxygen atoms in total. The summed E-state index contributed by atoms with van der Waals surface area (Å²) in [5.41, 5.74) is 0.513. The van der Waals surface area contributed by atoms with Gasteiger partial charge in [-0.15, -0.1) is 0 Å². The summed E-state index contributed by atoms with van der Waals surface area (Å²) in [6.07, 6.45) is 3.33. The Balaban J connectivity index is 2.06. The standard InChI is InChI=1S/C14H20FNO3/c15-12-6-3-7-13(16-8-10(18)9-17)14(12)19-11-4-1-2-5-11/h3,6-7,10-11,16-18H,1-2,4-5,8-9H2. The van der Waals surface area contributed by atoms with Gasteiger partial charge in [-0.05, 0) is 37.8 Å². The van der Waals surface area contributed by atoms with Crippen molar-refractivity contribution in [2.45, 2.75) is 37.9 Å². The first kappa shape index (κ1) is 14.1. The molecule has 1 unspecified atom stereocenters. The Kier molecular flexibility index (Phi) is 4.99. The van der Waals surface area contributed by atoms with Gasteiger partial charge in [0.2, 0.25) is 0 Å². The summed E-state index contributed by atoms with van der Waals surface area (Å²) in [6.45, 7) is -0.178. The van der Waals surface area contributed by atoms with Crippen molar-refractivity contribution in [3.05, 3.63) is 24.0 Å². The van der Waals surface area contributed by atoms with Gasteiger partial charge in [0.15, 0.2) is 11.6 Å². The Morgan fingerprint density at radius 3 is 2.79 bits per heavy atom. The van der Waals surface area contributed by atoms with Crippen molar-refractivity contribution in [2.24, 2.45) is 0 Å². The molecule has 0 aromatic heterocycles. The fraction of sp³-hybridized carbons (Fsp3) is 0.571. The van der Waals surface area contributed by atoms with Crippen LogP contribution in [0.15, 0.2) is 18.2 Å². The highest BCUT2D eigenvalue weighted by molar-refractivity contribution is 5.57. The molecule has 3 N–H and O–H groups in total. The normalized spacial score (nSPS) is 17.4. The van der Waals surface area contributed by atoms with Crippen LogP contribution in [-0.2, 0) is 0 Å². The summed E-state index contributed by atoms with van der Waals surface area (Å²) >= 11 is 0. The SMILES string of the molecule is OCC(O)CNc1cccc(F)c1OC1CCCC1. The average Bonchev–Trinajstić information content (AvgIpc) is 2.92. The molecular formula is C14H20FNO3. The predicted molar refractivity (Wildman–Crippen MR) is 70.9 cm³/mol. The Morgan fingerprint density at radius 1 is 1.37 bits per heavy atom. The lowest BCUT2D eigenvalue weighted by molar-refractivity contribution is 0.105. The molecule has 0 aliphatic heterocycles. The lowest BCUT2D eigenvalue weighted by Gasteiger charge is -2.18. The molecule has 0 radical (unpaired) electrons. The lowest BCUT2D eigenvalue weighted by atomic mass is 10.2. The van der Waals surface area contributed by atoms with Gasteiger partial charge < -0.3 is 20.3 Å². The second-order valence-corrected chi connectivity index (χ2v) is 4.86. The number of halogens is 1. The summed E-state index contributed by atoms with van der Waals surface area (Å²) in [7, 11) is 0. The third-order valence-corrected chi connectivity index (χ3v) is 3.29. The van der Waals surface area contributed by atoms with Crippen molar-refractivity contribution in [1.29, 1.82) is 0 Å². The third-order valence-electron chi connectivity index (χ3n) is 3.29. The van der Waals surface area contributed by atoms with E-state index < -0.39 is 11.9 Å². The van der Waals surface area contributed by atoms with Crippen molar-refractivity contribution in [3.63, 3.8) is 0 Å². The molecule has 1 atom stereocenters. The number of hydrogen-bond donors (Lipinski definition) is 3. The van der Waals surface area contributed by atoms with E-state index >= 15 is 0 Å². The molecule has 0 amide bonds. The fourth-order valence-electron chi connectivity index (χ4n) is 2.23. The number of benzene rings is 1. The summed E-state index contributed by atoms with van der Waals surface area (Å²) in [5, 5.41) is 21.0. The molecule has 0 saturated heterocycles. The molecule has 1 aliphatic carbocycles. The Labute approximate surface area is 112 Å². The molecule has 5 heteroatoms. The number of nitrogens with one attached hydrogen (secondary N) is 1. The van der Waals surface area contributed by atoms with Gasteiger partial charge in [-0.2, -0.15) is 0 Å². The maximum absolute atomic E-state index is 13.8. The first-order valence-electron chi connectivity index (χ1n) is 6.68. The zero-order valence-electron chi connectivity index (χ0n) is 10.8. The van der Waals surface area contributed by atoms with E-state index in [1.54, 1.807) is 12.1 Å². The minimum absolute atomic E-state index is 0.0696. The van der Waals surface area contributed by atoms with Crippen molar-refractivity contribution in [2.75, 3.05) is 18.5 Å². The maximum atomic E-state index is 13.8. The van der Waals surface area contributed by atoms with Gasteiger partial charge in [0, 0.05) is 6.54 Å². The smallest absolute Gasteiger partial charge is 0.178 e. The second-order valence-electron chi connectivity index (χ2n) is 4.86. The van der Waals surface area contributed by atoms with E-state index in [9.17, 15) is 9.50 Å². The molecule has 0 heterocycles. The van der Waals surface area contributed by atoms with Crippen LogP contribution in [0.3, 0.4) is 0 Å². The minimum atomic E-state index is -0.873. The van der Waals surface area contributed by atoms with Crippen molar-refractivity contribution in [1.82, 2.24) is 0 Å². The highest BCUT2D eigenvalue weighted by Gasteiger charge is 2.20. The van der Waals surface area contributed by atoms with Crippen LogP contribution >= 0.6 is 0 Å². The summed E-state index contributed by atoms with van der Waals surface area (Å²) in [5.74, 6) is -0.199. The van der Waals surface area contributed by atoms with E-state index in [1.807, 2.05) is 0 Å². The lowest BCUT2D eigenvalue weighted by Crippen LogP contribution is -2.23. The number of anilines is 1. The monoisotopic (exact) mass is 269 g/mol. The van der Waals surface area contributed by atoms with E-state index in [1.165, 1.54) is 6.07 Å². The van der Waals surface area contributed by atoms with Crippen LogP contribution in [0.25, 0.3) is 0 Å². The topological polar surface area (TPSA) is 61.7 Å². The Morgan fingerprint density at radius 2 is 2.11 bits per heavy atom. The molecule has 1 fully saturated rings. The highest BCUT2D eigenvalue weighted by atomic mass is 19.1. The number of rotatable bonds is 6. The molecule has 1 aromatic rings. The number of aliphatic hydroxyl groups excluding tert-OH is 2. The molecule has 2 rings (SSSR count). The van der Waals surface area contributed by atoms with Crippen LogP contribution in [0, 0.1) is 5.82 Å². The largest absolute Gasteiger partial charge is 0.485 e. The number of ether oxygens (including phenoxy) is 1. The van der Waals surface area contributed by atoms with Crippen molar-refractivity contribution < 1.29 is 19.3 Å². The van der Waals surface area contributed by atoms with Gasteiger partial charge in [-0.1, -0.05) is 6.07 Å². The summed E-state index contributed by atoms with van der Waals surface area (Å²) < 4.78 is 19.6. The van der Waals surface area contributed by atoms with Crippen LogP contribution in [0.1, 0.15) is 25.7 Å². The fourth-order valence-corrected chi connectivity index (χ4v) is 2.23.